The van der Waals surface area contributed by atoms with E-state index in [0.29, 0.717) is 17.2 Å². The van der Waals surface area contributed by atoms with E-state index in [1.54, 1.807) is 7.11 Å². The van der Waals surface area contributed by atoms with Gasteiger partial charge >= 0.3 is 5.97 Å². The number of carbonyl (C=O) groups excluding carboxylic acids is 2. The van der Waals surface area contributed by atoms with Crippen molar-refractivity contribution in [3.05, 3.63) is 88.1 Å². The minimum absolute atomic E-state index is 0.107. The zero-order valence-corrected chi connectivity index (χ0v) is 22.9. The minimum Gasteiger partial charge on any atom is -0.497 e. The zero-order chi connectivity index (χ0) is 26.6. The lowest BCUT2D eigenvalue weighted by Gasteiger charge is -2.37. The smallest absolute Gasteiger partial charge is 0.338 e. The average molecular weight is 532 g/mol. The molecule has 3 aliphatic heterocycles. The third-order valence-electron chi connectivity index (χ3n) is 7.50. The Hall–Kier alpha value is -3.52. The van der Waals surface area contributed by atoms with E-state index in [0.717, 1.165) is 54.5 Å². The average Bonchev–Trinajstić information content (AvgIpc) is 3.34. The number of piperidine rings is 1. The second-order valence-electron chi connectivity index (χ2n) is 9.85. The fraction of sp³-hybridized carbons (Fsp3) is 0.367. The Morgan fingerprint density at radius 1 is 1.03 bits per heavy atom. The van der Waals surface area contributed by atoms with E-state index in [1.807, 2.05) is 52.5 Å². The maximum atomic E-state index is 13.4. The summed E-state index contributed by atoms with van der Waals surface area (Å²) in [5, 5.41) is 2.75. The van der Waals surface area contributed by atoms with Crippen molar-refractivity contribution in [1.82, 2.24) is 9.80 Å². The van der Waals surface area contributed by atoms with Gasteiger partial charge in [-0.1, -0.05) is 54.2 Å². The van der Waals surface area contributed by atoms with E-state index in [4.69, 9.17) is 14.5 Å². The van der Waals surface area contributed by atoms with E-state index < -0.39 is 12.0 Å². The van der Waals surface area contributed by atoms with Crippen molar-refractivity contribution in [2.75, 3.05) is 27.3 Å². The highest BCUT2D eigenvalue weighted by molar-refractivity contribution is 8.16. The molecule has 0 aromatic heterocycles. The number of rotatable bonds is 7. The van der Waals surface area contributed by atoms with Crippen LogP contribution in [-0.2, 0) is 20.7 Å². The molecule has 1 fully saturated rings. The molecule has 1 amide bonds. The number of methoxy groups -OCH3 is 2. The topological polar surface area (TPSA) is 71.4 Å². The number of aliphatic imine (C=N–C) groups is 1. The summed E-state index contributed by atoms with van der Waals surface area (Å²) in [6.07, 6.45) is 3.33. The summed E-state index contributed by atoms with van der Waals surface area (Å²) in [6, 6.07) is 17.8. The summed E-state index contributed by atoms with van der Waals surface area (Å²) in [7, 11) is 3.01. The van der Waals surface area contributed by atoms with Crippen molar-refractivity contribution in [3.63, 3.8) is 0 Å². The quantitative estimate of drug-likeness (QED) is 0.451. The third kappa shape index (κ3) is 5.36. The van der Waals surface area contributed by atoms with Crippen molar-refractivity contribution >= 4 is 28.8 Å². The van der Waals surface area contributed by atoms with Gasteiger partial charge in [0, 0.05) is 18.8 Å². The van der Waals surface area contributed by atoms with E-state index in [1.165, 1.54) is 24.4 Å². The molecule has 38 heavy (non-hydrogen) atoms. The highest BCUT2D eigenvalue weighted by atomic mass is 32.2. The van der Waals surface area contributed by atoms with E-state index >= 15 is 0 Å². The van der Waals surface area contributed by atoms with Crippen molar-refractivity contribution in [2.24, 2.45) is 10.9 Å². The second kappa shape index (κ2) is 11.5. The lowest BCUT2D eigenvalue weighted by atomic mass is 9.90. The number of benzene rings is 2. The molecule has 1 saturated heterocycles. The van der Waals surface area contributed by atoms with Gasteiger partial charge in [0.15, 0.2) is 5.17 Å². The van der Waals surface area contributed by atoms with Gasteiger partial charge in [-0.05, 0) is 60.8 Å². The van der Waals surface area contributed by atoms with Gasteiger partial charge in [-0.2, -0.15) is 0 Å². The van der Waals surface area contributed by atoms with Gasteiger partial charge in [0.2, 0.25) is 5.91 Å². The maximum Gasteiger partial charge on any atom is 0.338 e. The first-order valence-corrected chi connectivity index (χ1v) is 13.8. The first-order chi connectivity index (χ1) is 18.5. The Kier molecular flexibility index (Phi) is 7.88. The van der Waals surface area contributed by atoms with Gasteiger partial charge in [-0.3, -0.25) is 4.79 Å². The van der Waals surface area contributed by atoms with Gasteiger partial charge in [-0.15, -0.1) is 0 Å². The van der Waals surface area contributed by atoms with E-state index in [9.17, 15) is 9.59 Å². The second-order valence-corrected chi connectivity index (χ2v) is 10.7. The Balaban J connectivity index is 1.31. The van der Waals surface area contributed by atoms with Crippen LogP contribution in [0.1, 0.15) is 43.4 Å². The van der Waals surface area contributed by atoms with Crippen LogP contribution in [0.3, 0.4) is 0 Å². The summed E-state index contributed by atoms with van der Waals surface area (Å²) in [6.45, 7) is 3.37. The maximum absolute atomic E-state index is 13.4. The van der Waals surface area contributed by atoms with Gasteiger partial charge < -0.3 is 19.3 Å². The Morgan fingerprint density at radius 2 is 1.74 bits per heavy atom. The van der Waals surface area contributed by atoms with Crippen molar-refractivity contribution < 1.29 is 19.1 Å². The van der Waals surface area contributed by atoms with Gasteiger partial charge in [0.05, 0.1) is 38.0 Å². The summed E-state index contributed by atoms with van der Waals surface area (Å²) < 4.78 is 10.5. The third-order valence-corrected chi connectivity index (χ3v) is 8.39. The number of ether oxygens (including phenoxy) is 2. The highest BCUT2D eigenvalue weighted by Gasteiger charge is 2.41. The normalized spacial score (nSPS) is 19.6. The van der Waals surface area contributed by atoms with E-state index in [-0.39, 0.29) is 12.3 Å². The van der Waals surface area contributed by atoms with Crippen LogP contribution in [0.15, 0.2) is 82.0 Å². The molecule has 5 rings (SSSR count). The molecule has 1 atom stereocenters. The predicted molar refractivity (Wildman–Crippen MR) is 149 cm³/mol. The van der Waals surface area contributed by atoms with Crippen LogP contribution in [0.4, 0.5) is 0 Å². The van der Waals surface area contributed by atoms with Gasteiger partial charge in [0.1, 0.15) is 5.75 Å². The first-order valence-electron chi connectivity index (χ1n) is 13.0. The van der Waals surface area contributed by atoms with Crippen LogP contribution in [0.5, 0.6) is 5.75 Å². The number of amidine groups is 1. The summed E-state index contributed by atoms with van der Waals surface area (Å²) >= 11 is 1.49. The number of nitrogens with zero attached hydrogens (tertiary/aromatic N) is 3. The SMILES string of the molecule is COC(=O)C1=C(C)N=C2SC=C(CC(=O)N3CCC(Cc4ccccc4)CC3)N2[C@@H]1c1ccc(OC)cc1. The number of amides is 1. The Labute approximate surface area is 228 Å². The van der Waals surface area contributed by atoms with Crippen molar-refractivity contribution in [3.8, 4) is 5.75 Å². The minimum atomic E-state index is -0.438. The van der Waals surface area contributed by atoms with E-state index in [2.05, 4.69) is 24.3 Å². The Morgan fingerprint density at radius 3 is 2.39 bits per heavy atom. The molecule has 8 heteroatoms. The molecule has 0 radical (unpaired) electrons. The largest absolute Gasteiger partial charge is 0.497 e. The molecule has 2 aromatic rings. The number of hydrogen-bond donors (Lipinski definition) is 0. The first kappa shape index (κ1) is 26.1. The van der Waals surface area contributed by atoms with Gasteiger partial charge in [-0.25, -0.2) is 9.79 Å². The molecule has 2 aromatic carbocycles. The summed E-state index contributed by atoms with van der Waals surface area (Å²) in [5.41, 5.74) is 4.21. The predicted octanol–water partition coefficient (Wildman–Crippen LogP) is 5.31. The van der Waals surface area contributed by atoms with Crippen LogP contribution in [0.2, 0.25) is 0 Å². The molecule has 0 unspecified atom stereocenters. The van der Waals surface area contributed by atoms with Crippen molar-refractivity contribution in [2.45, 2.75) is 38.6 Å². The molecule has 3 aliphatic rings. The molecule has 0 saturated carbocycles. The zero-order valence-electron chi connectivity index (χ0n) is 22.1. The molecule has 198 valence electrons. The van der Waals surface area contributed by atoms with Crippen molar-refractivity contribution in [1.29, 1.82) is 0 Å². The number of esters is 1. The lowest BCUT2D eigenvalue weighted by Crippen LogP contribution is -2.41. The standard InChI is InChI=1S/C30H33N3O4S/c1-20-27(29(35)37-3)28(23-9-11-25(36-2)12-10-23)33-24(19-38-30(33)31-20)18-26(34)32-15-13-22(14-16-32)17-21-7-5-4-6-8-21/h4-12,19,22,28H,13-18H2,1-3H3/t28-/m1/s1. The number of thioether (sulfide) groups is 1. The molecule has 0 N–H and O–H groups in total. The number of allylic oxidation sites excluding steroid dienone is 1. The molecular weight excluding hydrogens is 498 g/mol. The van der Waals surface area contributed by atoms with Crippen LogP contribution >= 0.6 is 11.8 Å². The molecule has 7 nitrogen and oxygen atoms in total. The number of carbonyl (C=O) groups is 2. The molecule has 0 bridgehead atoms. The highest BCUT2D eigenvalue weighted by Crippen LogP contribution is 2.45. The molecule has 0 aliphatic carbocycles. The number of likely N-dealkylation sites (tertiary alicyclic amines) is 1. The fourth-order valence-corrected chi connectivity index (χ4v) is 6.41. The number of hydrogen-bond acceptors (Lipinski definition) is 7. The number of fused-ring (bicyclic) bond motifs is 1. The fourth-order valence-electron chi connectivity index (χ4n) is 5.44. The van der Waals surface area contributed by atoms with Crippen LogP contribution in [0, 0.1) is 5.92 Å². The van der Waals surface area contributed by atoms with Crippen LogP contribution < -0.4 is 4.74 Å². The summed E-state index contributed by atoms with van der Waals surface area (Å²) in [4.78, 5) is 35.1. The summed E-state index contributed by atoms with van der Waals surface area (Å²) in [5.74, 6) is 1.01. The van der Waals surface area contributed by atoms with Gasteiger partial charge in [0.25, 0.3) is 0 Å². The molecule has 0 spiro atoms. The molecular formula is C30H33N3O4S. The van der Waals surface area contributed by atoms with Crippen LogP contribution in [0.25, 0.3) is 0 Å². The Bertz CT molecular complexity index is 1280. The monoisotopic (exact) mass is 531 g/mol. The lowest BCUT2D eigenvalue weighted by molar-refractivity contribution is -0.136. The van der Waals surface area contributed by atoms with Crippen LogP contribution in [-0.4, -0.2) is 54.2 Å². The molecule has 3 heterocycles.